The summed E-state index contributed by atoms with van der Waals surface area (Å²) in [5, 5.41) is 11.1. The Kier molecular flexibility index (Phi) is 4.44. The topological polar surface area (TPSA) is 30.0 Å². The van der Waals surface area contributed by atoms with Gasteiger partial charge in [-0.3, -0.25) is 0 Å². The van der Waals surface area contributed by atoms with Gasteiger partial charge in [-0.1, -0.05) is 12.2 Å². The fraction of sp³-hybridized carbons (Fsp3) is 0.667. The van der Waals surface area contributed by atoms with Gasteiger partial charge in [0.2, 0.25) is 0 Å². The monoisotopic (exact) mass is 303 g/mol. The van der Waals surface area contributed by atoms with Crippen molar-refractivity contribution in [3.63, 3.8) is 0 Å². The Labute approximate surface area is 134 Å². The first kappa shape index (κ1) is 15.8. The largest absolute Gasteiger partial charge is 0.385 e. The summed E-state index contributed by atoms with van der Waals surface area (Å²) in [6.45, 7) is 4.07. The highest BCUT2D eigenvalue weighted by Crippen LogP contribution is 2.38. The van der Waals surface area contributed by atoms with Gasteiger partial charge in [0, 0.05) is 32.4 Å². The molecule has 3 rings (SSSR count). The third-order valence-corrected chi connectivity index (χ3v) is 5.35. The van der Waals surface area contributed by atoms with Crippen LogP contribution in [0.3, 0.4) is 0 Å². The van der Waals surface area contributed by atoms with Gasteiger partial charge < -0.3 is 19.8 Å². The minimum atomic E-state index is -0.593. The Hall–Kier alpha value is -1.10. The van der Waals surface area contributed by atoms with Crippen LogP contribution in [0.5, 0.6) is 0 Å². The lowest BCUT2D eigenvalue weighted by Gasteiger charge is -2.41. The second-order valence-electron chi connectivity index (χ2n) is 7.27. The molecule has 0 radical (unpaired) electrons. The predicted octanol–water partition coefficient (Wildman–Crippen LogP) is 1.46. The molecule has 122 valence electrons. The highest BCUT2D eigenvalue weighted by Gasteiger charge is 2.38. The molecule has 1 fully saturated rings. The molecule has 2 heterocycles. The lowest BCUT2D eigenvalue weighted by atomic mass is 9.78. The van der Waals surface area contributed by atoms with Gasteiger partial charge in [-0.05, 0) is 57.6 Å². The molecular weight excluding hydrogens is 274 g/mol. The van der Waals surface area contributed by atoms with Crippen LogP contribution in [0.2, 0.25) is 0 Å². The van der Waals surface area contributed by atoms with Gasteiger partial charge in [0.15, 0.2) is 0 Å². The van der Waals surface area contributed by atoms with Crippen molar-refractivity contribution >= 4 is 0 Å². The number of rotatable bonds is 4. The molecule has 0 aromatic carbocycles. The number of piperidine rings is 1. The average molecular weight is 303 g/mol. The summed E-state index contributed by atoms with van der Waals surface area (Å²) in [6.07, 6.45) is 11.5. The molecule has 1 N–H and O–H groups in total. The van der Waals surface area contributed by atoms with Gasteiger partial charge >= 0.3 is 0 Å². The van der Waals surface area contributed by atoms with Gasteiger partial charge in [-0.25, -0.2) is 0 Å². The van der Waals surface area contributed by atoms with Gasteiger partial charge in [-0.15, -0.1) is 0 Å². The summed E-state index contributed by atoms with van der Waals surface area (Å²) in [7, 11) is 6.37. The van der Waals surface area contributed by atoms with Crippen LogP contribution in [0.25, 0.3) is 0 Å². The minimum absolute atomic E-state index is 0.420. The quantitative estimate of drug-likeness (QED) is 0.852. The van der Waals surface area contributed by atoms with Crippen LogP contribution in [-0.4, -0.2) is 78.8 Å². The molecule has 2 aliphatic heterocycles. The zero-order chi connectivity index (χ0) is 15.7. The van der Waals surface area contributed by atoms with Crippen LogP contribution in [0, 0.1) is 0 Å². The molecule has 0 aromatic rings. The van der Waals surface area contributed by atoms with E-state index in [0.29, 0.717) is 6.04 Å². The Balaban J connectivity index is 1.69. The highest BCUT2D eigenvalue weighted by molar-refractivity contribution is 5.42. The van der Waals surface area contributed by atoms with E-state index in [2.05, 4.69) is 60.3 Å². The minimum Gasteiger partial charge on any atom is -0.385 e. The number of hydrogen-bond acceptors (Lipinski definition) is 4. The molecule has 0 saturated carbocycles. The Morgan fingerprint density at radius 1 is 1.27 bits per heavy atom. The van der Waals surface area contributed by atoms with Crippen molar-refractivity contribution < 1.29 is 5.11 Å². The first-order valence-corrected chi connectivity index (χ1v) is 8.39. The number of fused-ring (bicyclic) bond motifs is 1. The van der Waals surface area contributed by atoms with Crippen molar-refractivity contribution in [2.75, 3.05) is 47.3 Å². The molecule has 1 unspecified atom stereocenters. The molecule has 3 aliphatic rings. The van der Waals surface area contributed by atoms with Gasteiger partial charge in [0.25, 0.3) is 0 Å². The number of aliphatic hydroxyl groups is 1. The SMILES string of the molecule is CN(C)CCN1C=CC2=CC=C(C3(O)CCN(C)CC3)CC21. The Morgan fingerprint density at radius 3 is 2.68 bits per heavy atom. The maximum atomic E-state index is 11.1. The second kappa shape index (κ2) is 6.19. The van der Waals surface area contributed by atoms with E-state index in [0.717, 1.165) is 45.4 Å². The molecule has 0 amide bonds. The number of allylic oxidation sites excluding steroid dienone is 2. The summed E-state index contributed by atoms with van der Waals surface area (Å²) < 4.78 is 0. The van der Waals surface area contributed by atoms with E-state index in [1.54, 1.807) is 0 Å². The number of likely N-dealkylation sites (tertiary alicyclic amines) is 1. The summed E-state index contributed by atoms with van der Waals surface area (Å²) in [6, 6.07) is 0.420. The summed E-state index contributed by atoms with van der Waals surface area (Å²) in [5.41, 5.74) is 2.02. The second-order valence-corrected chi connectivity index (χ2v) is 7.27. The van der Waals surface area contributed by atoms with Crippen LogP contribution in [0.15, 0.2) is 35.6 Å². The van der Waals surface area contributed by atoms with E-state index in [4.69, 9.17) is 0 Å². The van der Waals surface area contributed by atoms with Gasteiger partial charge in [0.05, 0.1) is 11.6 Å². The molecule has 1 atom stereocenters. The van der Waals surface area contributed by atoms with Crippen LogP contribution < -0.4 is 0 Å². The van der Waals surface area contributed by atoms with Crippen molar-refractivity contribution in [3.05, 3.63) is 35.6 Å². The first-order chi connectivity index (χ1) is 10.5. The predicted molar refractivity (Wildman–Crippen MR) is 90.7 cm³/mol. The fourth-order valence-corrected chi connectivity index (χ4v) is 3.66. The van der Waals surface area contributed by atoms with E-state index >= 15 is 0 Å². The Bertz CT molecular complexity index is 498. The molecule has 0 aromatic heterocycles. The molecule has 1 saturated heterocycles. The van der Waals surface area contributed by atoms with Gasteiger partial charge in [-0.2, -0.15) is 0 Å². The maximum Gasteiger partial charge on any atom is 0.0885 e. The van der Waals surface area contributed by atoms with Crippen LogP contribution in [0.1, 0.15) is 19.3 Å². The zero-order valence-corrected chi connectivity index (χ0v) is 14.1. The van der Waals surface area contributed by atoms with Crippen molar-refractivity contribution in [2.24, 2.45) is 0 Å². The molecule has 4 heteroatoms. The lowest BCUT2D eigenvalue weighted by molar-refractivity contribution is 0.0116. The van der Waals surface area contributed by atoms with E-state index in [1.807, 2.05) is 0 Å². The van der Waals surface area contributed by atoms with Crippen molar-refractivity contribution in [1.29, 1.82) is 0 Å². The first-order valence-electron chi connectivity index (χ1n) is 8.39. The number of likely N-dealkylation sites (N-methyl/N-ethyl adjacent to an activating group) is 1. The third-order valence-electron chi connectivity index (χ3n) is 5.35. The van der Waals surface area contributed by atoms with E-state index in [-0.39, 0.29) is 0 Å². The Morgan fingerprint density at radius 2 is 2.00 bits per heavy atom. The van der Waals surface area contributed by atoms with Crippen molar-refractivity contribution in [2.45, 2.75) is 30.9 Å². The van der Waals surface area contributed by atoms with E-state index in [9.17, 15) is 5.11 Å². The van der Waals surface area contributed by atoms with Crippen LogP contribution in [-0.2, 0) is 0 Å². The third kappa shape index (κ3) is 3.14. The van der Waals surface area contributed by atoms with E-state index in [1.165, 1.54) is 11.1 Å². The van der Waals surface area contributed by atoms with Gasteiger partial charge in [0.1, 0.15) is 0 Å². The number of hydrogen-bond donors (Lipinski definition) is 1. The standard InChI is InChI=1S/C18H29N3O/c1-19(2)12-13-21-9-6-15-4-5-16(14-17(15)21)18(22)7-10-20(3)11-8-18/h4-6,9,17,22H,7-8,10-14H2,1-3H3. The molecule has 0 spiro atoms. The number of nitrogens with zero attached hydrogens (tertiary/aromatic N) is 3. The molecule has 22 heavy (non-hydrogen) atoms. The van der Waals surface area contributed by atoms with Crippen LogP contribution in [0.4, 0.5) is 0 Å². The fourth-order valence-electron chi connectivity index (χ4n) is 3.66. The smallest absolute Gasteiger partial charge is 0.0885 e. The lowest BCUT2D eigenvalue weighted by Crippen LogP contribution is -2.46. The summed E-state index contributed by atoms with van der Waals surface area (Å²) >= 11 is 0. The normalized spacial score (nSPS) is 27.9. The van der Waals surface area contributed by atoms with Crippen molar-refractivity contribution in [1.82, 2.24) is 14.7 Å². The average Bonchev–Trinajstić information content (AvgIpc) is 2.90. The summed E-state index contributed by atoms with van der Waals surface area (Å²) in [5.74, 6) is 0. The van der Waals surface area contributed by atoms with Crippen LogP contribution >= 0.6 is 0 Å². The molecular formula is C18H29N3O. The van der Waals surface area contributed by atoms with Crippen molar-refractivity contribution in [3.8, 4) is 0 Å². The zero-order valence-electron chi connectivity index (χ0n) is 14.1. The highest BCUT2D eigenvalue weighted by atomic mass is 16.3. The summed E-state index contributed by atoms with van der Waals surface area (Å²) in [4.78, 5) is 6.95. The van der Waals surface area contributed by atoms with E-state index < -0.39 is 5.60 Å². The molecule has 4 nitrogen and oxygen atoms in total. The maximum absolute atomic E-state index is 11.1. The molecule has 0 bridgehead atoms. The molecule has 1 aliphatic carbocycles.